The van der Waals surface area contributed by atoms with Gasteiger partial charge >= 0.3 is 0 Å². The van der Waals surface area contributed by atoms with Crippen LogP contribution in [-0.2, 0) is 20.9 Å². The molecule has 5 heteroatoms. The van der Waals surface area contributed by atoms with Gasteiger partial charge in [0.1, 0.15) is 6.61 Å². The summed E-state index contributed by atoms with van der Waals surface area (Å²) in [6.45, 7) is -0.0276. The second kappa shape index (κ2) is 4.19. The molecule has 4 nitrogen and oxygen atoms in total. The molecule has 0 unspecified atom stereocenters. The highest BCUT2D eigenvalue weighted by Crippen LogP contribution is 2.17. The van der Waals surface area contributed by atoms with E-state index in [0.29, 0.717) is 5.69 Å². The van der Waals surface area contributed by atoms with Crippen molar-refractivity contribution in [3.8, 4) is 0 Å². The lowest BCUT2D eigenvalue weighted by Crippen LogP contribution is -2.04. The Bertz CT molecular complexity index is 602. The minimum absolute atomic E-state index is 0.0276. The van der Waals surface area contributed by atoms with E-state index >= 15 is 0 Å². The molecule has 0 bridgehead atoms. The molecule has 16 heavy (non-hydrogen) atoms. The van der Waals surface area contributed by atoms with Crippen molar-refractivity contribution >= 4 is 20.9 Å². The second-order valence-electron chi connectivity index (χ2n) is 3.45. The molecule has 2 aromatic rings. The van der Waals surface area contributed by atoms with Gasteiger partial charge in [-0.3, -0.25) is 9.17 Å². The Balaban J connectivity index is 2.38. The lowest BCUT2D eigenvalue weighted by molar-refractivity contribution is 0.309. The average molecular weight is 237 g/mol. The second-order valence-corrected chi connectivity index (χ2v) is 5.09. The molecule has 0 saturated heterocycles. The molecule has 84 valence electrons. The summed E-state index contributed by atoms with van der Waals surface area (Å²) >= 11 is 0. The maximum atomic E-state index is 10.9. The van der Waals surface area contributed by atoms with Gasteiger partial charge in [-0.05, 0) is 11.5 Å². The molecule has 0 aliphatic heterocycles. The van der Waals surface area contributed by atoms with E-state index in [9.17, 15) is 8.42 Å². The fourth-order valence-corrected chi connectivity index (χ4v) is 1.79. The van der Waals surface area contributed by atoms with Crippen LogP contribution in [0.1, 0.15) is 5.69 Å². The van der Waals surface area contributed by atoms with Gasteiger partial charge < -0.3 is 0 Å². The van der Waals surface area contributed by atoms with Crippen LogP contribution >= 0.6 is 0 Å². The summed E-state index contributed by atoms with van der Waals surface area (Å²) in [7, 11) is -3.43. The zero-order valence-electron chi connectivity index (χ0n) is 8.75. The van der Waals surface area contributed by atoms with Crippen molar-refractivity contribution in [2.24, 2.45) is 0 Å². The summed E-state index contributed by atoms with van der Waals surface area (Å²) in [5.74, 6) is 0. The highest BCUT2D eigenvalue weighted by Gasteiger charge is 2.06. The van der Waals surface area contributed by atoms with Crippen LogP contribution in [0.5, 0.6) is 0 Å². The van der Waals surface area contributed by atoms with Gasteiger partial charge in [0.25, 0.3) is 10.1 Å². The van der Waals surface area contributed by atoms with Gasteiger partial charge in [-0.25, -0.2) is 0 Å². The maximum absolute atomic E-state index is 10.9. The minimum Gasteiger partial charge on any atom is -0.264 e. The van der Waals surface area contributed by atoms with E-state index in [2.05, 4.69) is 4.98 Å². The molecule has 0 amide bonds. The Kier molecular flexibility index (Phi) is 2.89. The van der Waals surface area contributed by atoms with E-state index in [0.717, 1.165) is 17.0 Å². The van der Waals surface area contributed by atoms with Gasteiger partial charge in [-0.2, -0.15) is 8.42 Å². The maximum Gasteiger partial charge on any atom is 0.264 e. The zero-order valence-corrected chi connectivity index (χ0v) is 9.57. The Hall–Kier alpha value is -1.46. The predicted octanol–water partition coefficient (Wildman–Crippen LogP) is 1.71. The van der Waals surface area contributed by atoms with E-state index < -0.39 is 10.1 Å². The van der Waals surface area contributed by atoms with Crippen LogP contribution in [0, 0.1) is 0 Å². The molecular weight excluding hydrogens is 226 g/mol. The van der Waals surface area contributed by atoms with Crippen molar-refractivity contribution in [1.29, 1.82) is 0 Å². The number of rotatable bonds is 3. The Morgan fingerprint density at radius 2 is 2.00 bits per heavy atom. The number of fused-ring (bicyclic) bond motifs is 1. The molecule has 0 aliphatic rings. The summed E-state index contributed by atoms with van der Waals surface area (Å²) in [5.41, 5.74) is 0.628. The molecule has 1 aromatic carbocycles. The van der Waals surface area contributed by atoms with Crippen LogP contribution < -0.4 is 0 Å². The van der Waals surface area contributed by atoms with E-state index in [4.69, 9.17) is 4.18 Å². The Labute approximate surface area is 94.0 Å². The van der Waals surface area contributed by atoms with Crippen molar-refractivity contribution in [3.63, 3.8) is 0 Å². The van der Waals surface area contributed by atoms with Gasteiger partial charge in [-0.1, -0.05) is 24.3 Å². The number of hydrogen-bond donors (Lipinski definition) is 0. The van der Waals surface area contributed by atoms with Gasteiger partial charge in [0.15, 0.2) is 0 Å². The SMILES string of the molecule is CS(=O)(=O)OCc1nccc2ccccc12. The molecule has 0 radical (unpaired) electrons. The summed E-state index contributed by atoms with van der Waals surface area (Å²) in [4.78, 5) is 4.12. The predicted molar refractivity (Wildman–Crippen MR) is 61.4 cm³/mol. The molecule has 0 spiro atoms. The third kappa shape index (κ3) is 2.56. The van der Waals surface area contributed by atoms with Crippen molar-refractivity contribution in [1.82, 2.24) is 4.98 Å². The lowest BCUT2D eigenvalue weighted by Gasteiger charge is -2.04. The van der Waals surface area contributed by atoms with Crippen LogP contribution in [0.4, 0.5) is 0 Å². The van der Waals surface area contributed by atoms with Crippen LogP contribution in [0.15, 0.2) is 36.5 Å². The van der Waals surface area contributed by atoms with E-state index in [1.807, 2.05) is 30.3 Å². The number of nitrogens with zero attached hydrogens (tertiary/aromatic N) is 1. The fourth-order valence-electron chi connectivity index (χ4n) is 1.46. The first-order valence-corrected chi connectivity index (χ1v) is 6.55. The van der Waals surface area contributed by atoms with Crippen LogP contribution in [0.3, 0.4) is 0 Å². The monoisotopic (exact) mass is 237 g/mol. The first-order valence-electron chi connectivity index (χ1n) is 4.73. The number of benzene rings is 1. The Morgan fingerprint density at radius 1 is 1.25 bits per heavy atom. The number of aromatic nitrogens is 1. The molecule has 0 aliphatic carbocycles. The summed E-state index contributed by atoms with van der Waals surface area (Å²) in [6.07, 6.45) is 2.67. The zero-order chi connectivity index (χ0) is 11.6. The number of hydrogen-bond acceptors (Lipinski definition) is 4. The quantitative estimate of drug-likeness (QED) is 0.762. The smallest absolute Gasteiger partial charge is 0.264 e. The van der Waals surface area contributed by atoms with Crippen LogP contribution in [-0.4, -0.2) is 19.7 Å². The largest absolute Gasteiger partial charge is 0.264 e. The summed E-state index contributed by atoms with van der Waals surface area (Å²) in [5, 5.41) is 1.93. The number of pyridine rings is 1. The first-order chi connectivity index (χ1) is 7.56. The van der Waals surface area contributed by atoms with Crippen molar-refractivity contribution in [2.75, 3.05) is 6.26 Å². The van der Waals surface area contributed by atoms with Crippen molar-refractivity contribution < 1.29 is 12.6 Å². The van der Waals surface area contributed by atoms with Crippen LogP contribution in [0.25, 0.3) is 10.8 Å². The topological polar surface area (TPSA) is 56.3 Å². The first kappa shape index (κ1) is 11.0. The van der Waals surface area contributed by atoms with Gasteiger partial charge in [0.2, 0.25) is 0 Å². The summed E-state index contributed by atoms with van der Waals surface area (Å²) in [6, 6.07) is 9.51. The van der Waals surface area contributed by atoms with E-state index in [-0.39, 0.29) is 6.61 Å². The lowest BCUT2D eigenvalue weighted by atomic mass is 10.1. The molecule has 2 rings (SSSR count). The molecule has 0 fully saturated rings. The fraction of sp³-hybridized carbons (Fsp3) is 0.182. The van der Waals surface area contributed by atoms with Gasteiger partial charge in [-0.15, -0.1) is 0 Å². The molecule has 0 N–H and O–H groups in total. The van der Waals surface area contributed by atoms with Crippen molar-refractivity contribution in [2.45, 2.75) is 6.61 Å². The Morgan fingerprint density at radius 3 is 2.75 bits per heavy atom. The van der Waals surface area contributed by atoms with Crippen molar-refractivity contribution in [3.05, 3.63) is 42.2 Å². The normalized spacial score (nSPS) is 11.8. The third-order valence-corrected chi connectivity index (χ3v) is 2.71. The molecule has 1 heterocycles. The molecule has 0 saturated carbocycles. The molecule has 1 aromatic heterocycles. The highest BCUT2D eigenvalue weighted by molar-refractivity contribution is 7.85. The van der Waals surface area contributed by atoms with Crippen LogP contribution in [0.2, 0.25) is 0 Å². The molecular formula is C11H11NO3S. The summed E-state index contributed by atoms with van der Waals surface area (Å²) < 4.78 is 26.5. The van der Waals surface area contributed by atoms with Gasteiger partial charge in [0.05, 0.1) is 11.9 Å². The standard InChI is InChI=1S/C11H11NO3S/c1-16(13,14)15-8-11-10-5-3-2-4-9(10)6-7-12-11/h2-7H,8H2,1H3. The van der Waals surface area contributed by atoms with E-state index in [1.54, 1.807) is 6.20 Å². The average Bonchev–Trinajstić information content (AvgIpc) is 2.25. The van der Waals surface area contributed by atoms with E-state index in [1.165, 1.54) is 0 Å². The van der Waals surface area contributed by atoms with Gasteiger partial charge in [0, 0.05) is 11.6 Å². The molecule has 0 atom stereocenters. The minimum atomic E-state index is -3.43. The highest BCUT2D eigenvalue weighted by atomic mass is 32.2. The third-order valence-electron chi connectivity index (χ3n) is 2.17.